The zero-order valence-corrected chi connectivity index (χ0v) is 11.0. The van der Waals surface area contributed by atoms with Gasteiger partial charge in [-0.1, -0.05) is 11.6 Å². The number of aromatic nitrogens is 1. The van der Waals surface area contributed by atoms with E-state index in [0.717, 1.165) is 11.1 Å². The molecule has 2 rings (SSSR count). The van der Waals surface area contributed by atoms with E-state index in [-0.39, 0.29) is 12.3 Å². The first kappa shape index (κ1) is 13.1. The number of halogens is 1. The molecule has 0 fully saturated rings. The second-order valence-electron chi connectivity index (χ2n) is 3.79. The van der Waals surface area contributed by atoms with Crippen molar-refractivity contribution < 1.29 is 8.42 Å². The zero-order chi connectivity index (χ0) is 13.2. The van der Waals surface area contributed by atoms with Crippen LogP contribution in [0.5, 0.6) is 0 Å². The molecule has 1 aromatic heterocycles. The Balaban J connectivity index is 2.26. The highest BCUT2D eigenvalue weighted by molar-refractivity contribution is 7.89. The lowest BCUT2D eigenvalue weighted by Crippen LogP contribution is -2.22. The molecular formula is C11H12ClN3O2S. The molecule has 2 aromatic rings. The molecule has 1 aromatic carbocycles. The third-order valence-electron chi connectivity index (χ3n) is 2.42. The van der Waals surface area contributed by atoms with Crippen molar-refractivity contribution in [2.45, 2.75) is 0 Å². The molecule has 0 spiro atoms. The Kier molecular flexibility index (Phi) is 3.70. The summed E-state index contributed by atoms with van der Waals surface area (Å²) in [6.07, 6.45) is 1.66. The second-order valence-corrected chi connectivity index (χ2v) is 5.93. The van der Waals surface area contributed by atoms with Crippen LogP contribution in [0.15, 0.2) is 30.5 Å². The van der Waals surface area contributed by atoms with Gasteiger partial charge in [0.05, 0.1) is 22.0 Å². The molecule has 18 heavy (non-hydrogen) atoms. The van der Waals surface area contributed by atoms with Gasteiger partial charge in [0.1, 0.15) is 0 Å². The van der Waals surface area contributed by atoms with E-state index in [0.29, 0.717) is 10.5 Å². The Hall–Kier alpha value is -1.37. The number of fused-ring (bicyclic) bond motifs is 1. The summed E-state index contributed by atoms with van der Waals surface area (Å²) in [4.78, 5) is 4.23. The zero-order valence-electron chi connectivity index (χ0n) is 9.43. The van der Waals surface area contributed by atoms with E-state index < -0.39 is 10.0 Å². The minimum absolute atomic E-state index is 0.135. The minimum Gasteiger partial charge on any atom is -0.382 e. The van der Waals surface area contributed by atoms with Crippen molar-refractivity contribution in [3.05, 3.63) is 35.5 Å². The lowest BCUT2D eigenvalue weighted by molar-refractivity contribution is 0.598. The maximum Gasteiger partial charge on any atom is 0.210 e. The lowest BCUT2D eigenvalue weighted by atomic mass is 10.2. The van der Waals surface area contributed by atoms with Gasteiger partial charge in [-0.05, 0) is 24.3 Å². The summed E-state index contributed by atoms with van der Waals surface area (Å²) >= 11 is 6.05. The molecule has 0 aliphatic rings. The number of benzene rings is 1. The number of sulfonamides is 1. The van der Waals surface area contributed by atoms with Crippen LogP contribution in [0, 0.1) is 0 Å². The van der Waals surface area contributed by atoms with Crippen LogP contribution in [0.25, 0.3) is 10.9 Å². The molecule has 1 heterocycles. The maximum atomic E-state index is 10.8. The fraction of sp³-hybridized carbons (Fsp3) is 0.182. The number of hydrogen-bond acceptors (Lipinski definition) is 4. The van der Waals surface area contributed by atoms with Crippen molar-refractivity contribution in [2.24, 2.45) is 5.14 Å². The standard InChI is InChI=1S/C11H12ClN3O2S/c12-9-3-4-10(14-6-7-18(13,16)17)11-8(9)2-1-5-15-11/h1-5,14H,6-7H2,(H2,13,16,17). The van der Waals surface area contributed by atoms with Crippen molar-refractivity contribution in [3.63, 3.8) is 0 Å². The highest BCUT2D eigenvalue weighted by atomic mass is 35.5. The van der Waals surface area contributed by atoms with E-state index in [1.165, 1.54) is 0 Å². The van der Waals surface area contributed by atoms with Crippen LogP contribution in [0.2, 0.25) is 5.02 Å². The van der Waals surface area contributed by atoms with Gasteiger partial charge in [-0.2, -0.15) is 0 Å². The number of primary sulfonamides is 1. The smallest absolute Gasteiger partial charge is 0.210 e. The summed E-state index contributed by atoms with van der Waals surface area (Å²) < 4.78 is 21.7. The molecule has 0 saturated carbocycles. The summed E-state index contributed by atoms with van der Waals surface area (Å²) in [5.41, 5.74) is 1.44. The number of rotatable bonds is 4. The van der Waals surface area contributed by atoms with Gasteiger partial charge >= 0.3 is 0 Å². The van der Waals surface area contributed by atoms with Gasteiger partial charge in [-0.15, -0.1) is 0 Å². The molecule has 0 radical (unpaired) electrons. The van der Waals surface area contributed by atoms with Crippen molar-refractivity contribution in [1.29, 1.82) is 0 Å². The van der Waals surface area contributed by atoms with E-state index in [1.807, 2.05) is 6.07 Å². The first-order valence-electron chi connectivity index (χ1n) is 5.25. The Bertz CT molecular complexity index is 673. The first-order chi connectivity index (χ1) is 8.47. The molecule has 0 aliphatic heterocycles. The van der Waals surface area contributed by atoms with Gasteiger partial charge in [0.15, 0.2) is 0 Å². The van der Waals surface area contributed by atoms with Crippen molar-refractivity contribution in [3.8, 4) is 0 Å². The van der Waals surface area contributed by atoms with E-state index >= 15 is 0 Å². The molecule has 0 atom stereocenters. The van der Waals surface area contributed by atoms with Crippen LogP contribution in [0.4, 0.5) is 5.69 Å². The van der Waals surface area contributed by atoms with E-state index in [4.69, 9.17) is 16.7 Å². The van der Waals surface area contributed by atoms with Gasteiger partial charge in [-0.3, -0.25) is 4.98 Å². The van der Waals surface area contributed by atoms with Gasteiger partial charge in [0.2, 0.25) is 10.0 Å². The highest BCUT2D eigenvalue weighted by Crippen LogP contribution is 2.27. The number of pyridine rings is 1. The molecule has 3 N–H and O–H groups in total. The minimum atomic E-state index is -3.46. The Morgan fingerprint density at radius 1 is 1.33 bits per heavy atom. The third kappa shape index (κ3) is 3.10. The maximum absolute atomic E-state index is 10.8. The fourth-order valence-corrected chi connectivity index (χ4v) is 2.21. The van der Waals surface area contributed by atoms with Crippen LogP contribution in [-0.4, -0.2) is 25.7 Å². The fourth-order valence-electron chi connectivity index (χ4n) is 1.61. The summed E-state index contributed by atoms with van der Waals surface area (Å²) in [7, 11) is -3.46. The first-order valence-corrected chi connectivity index (χ1v) is 7.34. The summed E-state index contributed by atoms with van der Waals surface area (Å²) in [5.74, 6) is -0.135. The predicted octanol–water partition coefficient (Wildman–Crippen LogP) is 1.59. The number of nitrogens with two attached hydrogens (primary N) is 1. The van der Waals surface area contributed by atoms with Gasteiger partial charge in [0.25, 0.3) is 0 Å². The number of hydrogen-bond donors (Lipinski definition) is 2. The number of nitrogens with zero attached hydrogens (tertiary/aromatic N) is 1. The molecular weight excluding hydrogens is 274 g/mol. The summed E-state index contributed by atoms with van der Waals surface area (Å²) in [6, 6.07) is 7.16. The number of anilines is 1. The molecule has 0 unspecified atom stereocenters. The second kappa shape index (κ2) is 5.09. The predicted molar refractivity (Wildman–Crippen MR) is 73.2 cm³/mol. The van der Waals surface area contributed by atoms with E-state index in [2.05, 4.69) is 10.3 Å². The topological polar surface area (TPSA) is 85.1 Å². The Morgan fingerprint density at radius 3 is 2.83 bits per heavy atom. The summed E-state index contributed by atoms with van der Waals surface area (Å²) in [5, 5.41) is 9.35. The summed E-state index contributed by atoms with van der Waals surface area (Å²) in [6.45, 7) is 0.228. The average molecular weight is 286 g/mol. The monoisotopic (exact) mass is 285 g/mol. The van der Waals surface area contributed by atoms with E-state index in [1.54, 1.807) is 24.4 Å². The molecule has 0 amide bonds. The molecule has 0 bridgehead atoms. The third-order valence-corrected chi connectivity index (χ3v) is 3.52. The quantitative estimate of drug-likeness (QED) is 0.893. The van der Waals surface area contributed by atoms with Crippen molar-refractivity contribution in [2.75, 3.05) is 17.6 Å². The van der Waals surface area contributed by atoms with Crippen LogP contribution >= 0.6 is 11.6 Å². The SMILES string of the molecule is NS(=O)(=O)CCNc1ccc(Cl)c2cccnc12. The Morgan fingerprint density at radius 2 is 2.11 bits per heavy atom. The van der Waals surface area contributed by atoms with E-state index in [9.17, 15) is 8.42 Å². The Labute approximate surface area is 110 Å². The highest BCUT2D eigenvalue weighted by Gasteiger charge is 2.06. The van der Waals surface area contributed by atoms with Crippen LogP contribution in [-0.2, 0) is 10.0 Å². The molecule has 7 heteroatoms. The molecule has 0 aliphatic carbocycles. The number of nitrogens with one attached hydrogen (secondary N) is 1. The van der Waals surface area contributed by atoms with Crippen LogP contribution in [0.3, 0.4) is 0 Å². The molecule has 0 saturated heterocycles. The van der Waals surface area contributed by atoms with Crippen molar-refractivity contribution in [1.82, 2.24) is 4.98 Å². The van der Waals surface area contributed by atoms with Gasteiger partial charge < -0.3 is 5.32 Å². The van der Waals surface area contributed by atoms with Crippen LogP contribution < -0.4 is 10.5 Å². The van der Waals surface area contributed by atoms with Gasteiger partial charge in [-0.25, -0.2) is 13.6 Å². The largest absolute Gasteiger partial charge is 0.382 e. The average Bonchev–Trinajstić information content (AvgIpc) is 2.31. The molecule has 5 nitrogen and oxygen atoms in total. The lowest BCUT2D eigenvalue weighted by Gasteiger charge is -2.09. The van der Waals surface area contributed by atoms with Crippen molar-refractivity contribution >= 4 is 38.2 Å². The van der Waals surface area contributed by atoms with Gasteiger partial charge in [0, 0.05) is 18.1 Å². The molecule has 96 valence electrons. The van der Waals surface area contributed by atoms with Crippen LogP contribution in [0.1, 0.15) is 0 Å². The normalized spacial score (nSPS) is 11.7.